The molecule has 3 rings (SSSR count). The van der Waals surface area contributed by atoms with Gasteiger partial charge < -0.3 is 9.47 Å². The average molecular weight is 277 g/mol. The van der Waals surface area contributed by atoms with E-state index in [0.717, 1.165) is 29.0 Å². The molecule has 0 aliphatic heterocycles. The highest BCUT2D eigenvalue weighted by Crippen LogP contribution is 2.26. The van der Waals surface area contributed by atoms with Gasteiger partial charge in [0, 0.05) is 31.9 Å². The molecule has 0 aliphatic rings. The summed E-state index contributed by atoms with van der Waals surface area (Å²) in [6.45, 7) is 4.61. The highest BCUT2D eigenvalue weighted by Gasteiger charge is 2.11. The fourth-order valence-electron chi connectivity index (χ4n) is 2.52. The highest BCUT2D eigenvalue weighted by molar-refractivity contribution is 5.81. The monoisotopic (exact) mass is 277 g/mol. The van der Waals surface area contributed by atoms with E-state index < -0.39 is 0 Å². The summed E-state index contributed by atoms with van der Waals surface area (Å²) < 4.78 is 2.20. The number of aromatic nitrogens is 2. The van der Waals surface area contributed by atoms with E-state index in [1.165, 1.54) is 5.69 Å². The lowest BCUT2D eigenvalue weighted by atomic mass is 10.2. The van der Waals surface area contributed by atoms with Gasteiger partial charge in [-0.15, -0.1) is 6.58 Å². The van der Waals surface area contributed by atoms with E-state index in [0.29, 0.717) is 0 Å². The minimum Gasteiger partial charge on any atom is -0.378 e. The summed E-state index contributed by atoms with van der Waals surface area (Å²) in [6, 6.07) is 16.7. The molecular weight excluding hydrogens is 258 g/mol. The van der Waals surface area contributed by atoms with Crippen LogP contribution in [0.3, 0.4) is 0 Å². The maximum Gasteiger partial charge on any atom is 0.141 e. The second-order valence-corrected chi connectivity index (χ2v) is 5.26. The van der Waals surface area contributed by atoms with Crippen LogP contribution < -0.4 is 4.90 Å². The summed E-state index contributed by atoms with van der Waals surface area (Å²) in [5.74, 6) is 0.987. The average Bonchev–Trinajstić information content (AvgIpc) is 2.87. The molecule has 0 spiro atoms. The zero-order chi connectivity index (χ0) is 14.8. The van der Waals surface area contributed by atoms with Gasteiger partial charge in [0.1, 0.15) is 5.82 Å². The minimum absolute atomic E-state index is 0.755. The summed E-state index contributed by atoms with van der Waals surface area (Å²) in [4.78, 5) is 6.87. The van der Waals surface area contributed by atoms with Gasteiger partial charge in [0.2, 0.25) is 0 Å². The zero-order valence-corrected chi connectivity index (χ0v) is 12.5. The number of hydrogen-bond acceptors (Lipinski definition) is 2. The Morgan fingerprint density at radius 3 is 2.48 bits per heavy atom. The van der Waals surface area contributed by atoms with E-state index in [-0.39, 0.29) is 0 Å². The Labute approximate surface area is 125 Å². The van der Waals surface area contributed by atoms with Crippen LogP contribution in [0.15, 0.2) is 61.2 Å². The van der Waals surface area contributed by atoms with Gasteiger partial charge in [-0.2, -0.15) is 0 Å². The lowest BCUT2D eigenvalue weighted by molar-refractivity contribution is 0.862. The molecule has 3 nitrogen and oxygen atoms in total. The second kappa shape index (κ2) is 5.44. The number of fused-ring (bicyclic) bond motifs is 1. The molecule has 0 fully saturated rings. The third-order valence-electron chi connectivity index (χ3n) is 3.61. The van der Waals surface area contributed by atoms with Crippen molar-refractivity contribution in [1.82, 2.24) is 9.55 Å². The molecule has 3 heteroatoms. The van der Waals surface area contributed by atoms with E-state index in [2.05, 4.69) is 46.4 Å². The lowest BCUT2D eigenvalue weighted by Crippen LogP contribution is -2.08. The topological polar surface area (TPSA) is 21.1 Å². The van der Waals surface area contributed by atoms with Crippen molar-refractivity contribution in [3.8, 4) is 11.4 Å². The minimum atomic E-state index is 0.755. The zero-order valence-electron chi connectivity index (χ0n) is 12.5. The molecule has 0 unspecified atom stereocenters. The van der Waals surface area contributed by atoms with Crippen LogP contribution in [0.5, 0.6) is 0 Å². The largest absolute Gasteiger partial charge is 0.378 e. The number of para-hydroxylation sites is 2. The van der Waals surface area contributed by atoms with Crippen LogP contribution >= 0.6 is 0 Å². The number of imidazole rings is 1. The molecule has 0 atom stereocenters. The fraction of sp³-hybridized carbons (Fsp3) is 0.167. The van der Waals surface area contributed by atoms with Gasteiger partial charge in [0.25, 0.3) is 0 Å². The molecule has 1 heterocycles. The van der Waals surface area contributed by atoms with Gasteiger partial charge in [0.15, 0.2) is 0 Å². The summed E-state index contributed by atoms with van der Waals surface area (Å²) in [6.07, 6.45) is 1.91. The summed E-state index contributed by atoms with van der Waals surface area (Å²) in [5, 5.41) is 0. The van der Waals surface area contributed by atoms with E-state index in [1.54, 1.807) is 0 Å². The Hall–Kier alpha value is -2.55. The molecule has 0 amide bonds. The summed E-state index contributed by atoms with van der Waals surface area (Å²) in [7, 11) is 4.09. The first-order valence-corrected chi connectivity index (χ1v) is 7.04. The van der Waals surface area contributed by atoms with Crippen LogP contribution in [-0.4, -0.2) is 23.6 Å². The van der Waals surface area contributed by atoms with Gasteiger partial charge in [-0.25, -0.2) is 4.98 Å². The Kier molecular flexibility index (Phi) is 3.48. The van der Waals surface area contributed by atoms with E-state index in [1.807, 2.05) is 38.4 Å². The first-order chi connectivity index (χ1) is 10.2. The van der Waals surface area contributed by atoms with Crippen molar-refractivity contribution in [2.45, 2.75) is 6.54 Å². The van der Waals surface area contributed by atoms with Crippen molar-refractivity contribution in [2.24, 2.45) is 0 Å². The molecule has 0 radical (unpaired) electrons. The van der Waals surface area contributed by atoms with Gasteiger partial charge in [-0.3, -0.25) is 0 Å². The van der Waals surface area contributed by atoms with Crippen molar-refractivity contribution in [1.29, 1.82) is 0 Å². The normalized spacial score (nSPS) is 10.8. The van der Waals surface area contributed by atoms with Gasteiger partial charge in [-0.05, 0) is 36.4 Å². The molecule has 0 bridgehead atoms. The summed E-state index contributed by atoms with van der Waals surface area (Å²) in [5.41, 5.74) is 4.47. The molecule has 3 aromatic rings. The third-order valence-corrected chi connectivity index (χ3v) is 3.61. The Balaban J connectivity index is 2.14. The third kappa shape index (κ3) is 2.42. The number of allylic oxidation sites excluding steroid dienone is 1. The fourth-order valence-corrected chi connectivity index (χ4v) is 2.52. The van der Waals surface area contributed by atoms with Crippen molar-refractivity contribution >= 4 is 16.7 Å². The Morgan fingerprint density at radius 2 is 1.81 bits per heavy atom. The predicted octanol–water partition coefficient (Wildman–Crippen LogP) is 3.96. The number of rotatable bonds is 4. The molecule has 0 aliphatic carbocycles. The molecule has 1 aromatic heterocycles. The first kappa shape index (κ1) is 13.4. The van der Waals surface area contributed by atoms with Crippen LogP contribution in [0.25, 0.3) is 22.4 Å². The summed E-state index contributed by atoms with van der Waals surface area (Å²) >= 11 is 0. The molecule has 106 valence electrons. The van der Waals surface area contributed by atoms with Gasteiger partial charge in [-0.1, -0.05) is 18.2 Å². The number of benzene rings is 2. The highest BCUT2D eigenvalue weighted by atomic mass is 15.1. The first-order valence-electron chi connectivity index (χ1n) is 7.04. The lowest BCUT2D eigenvalue weighted by Gasteiger charge is -2.13. The molecule has 0 saturated carbocycles. The van der Waals surface area contributed by atoms with E-state index in [4.69, 9.17) is 4.98 Å². The molecule has 21 heavy (non-hydrogen) atoms. The smallest absolute Gasteiger partial charge is 0.141 e. The van der Waals surface area contributed by atoms with Crippen LogP contribution in [0, 0.1) is 0 Å². The van der Waals surface area contributed by atoms with E-state index in [9.17, 15) is 0 Å². The second-order valence-electron chi connectivity index (χ2n) is 5.26. The number of anilines is 1. The van der Waals surface area contributed by atoms with Crippen LogP contribution in [0.2, 0.25) is 0 Å². The van der Waals surface area contributed by atoms with Crippen molar-refractivity contribution in [3.63, 3.8) is 0 Å². The number of nitrogens with zero attached hydrogens (tertiary/aromatic N) is 3. The van der Waals surface area contributed by atoms with Crippen molar-refractivity contribution in [3.05, 3.63) is 61.2 Å². The maximum atomic E-state index is 4.78. The van der Waals surface area contributed by atoms with Crippen LogP contribution in [0.4, 0.5) is 5.69 Å². The van der Waals surface area contributed by atoms with Crippen LogP contribution in [-0.2, 0) is 6.54 Å². The maximum absolute atomic E-state index is 4.78. The van der Waals surface area contributed by atoms with Crippen molar-refractivity contribution in [2.75, 3.05) is 19.0 Å². The Bertz CT molecular complexity index is 767. The van der Waals surface area contributed by atoms with Gasteiger partial charge in [0.05, 0.1) is 11.0 Å². The number of hydrogen-bond donors (Lipinski definition) is 0. The predicted molar refractivity (Wildman–Crippen MR) is 89.7 cm³/mol. The van der Waals surface area contributed by atoms with E-state index >= 15 is 0 Å². The SMILES string of the molecule is C=CCn1c(-c2ccc(N(C)C)cc2)nc2ccccc21. The molecule has 2 aromatic carbocycles. The van der Waals surface area contributed by atoms with Crippen molar-refractivity contribution < 1.29 is 0 Å². The molecule has 0 saturated heterocycles. The molecule has 0 N–H and O–H groups in total. The standard InChI is InChI=1S/C18H19N3/c1-4-13-21-17-8-6-5-7-16(17)19-18(21)14-9-11-15(12-10-14)20(2)3/h4-12H,1,13H2,2-3H3. The Morgan fingerprint density at radius 1 is 1.10 bits per heavy atom. The quantitative estimate of drug-likeness (QED) is 0.673. The van der Waals surface area contributed by atoms with Gasteiger partial charge >= 0.3 is 0 Å². The van der Waals surface area contributed by atoms with Crippen LogP contribution in [0.1, 0.15) is 0 Å². The molecular formula is C18H19N3.